The van der Waals surface area contributed by atoms with Gasteiger partial charge in [-0.2, -0.15) is 10.2 Å². The molecule has 1 fully saturated rings. The van der Waals surface area contributed by atoms with Crippen molar-refractivity contribution in [2.75, 3.05) is 6.54 Å². The van der Waals surface area contributed by atoms with E-state index in [1.54, 1.807) is 12.1 Å². The summed E-state index contributed by atoms with van der Waals surface area (Å²) in [5.74, 6) is 0.0618. The largest absolute Gasteiger partial charge is 0.353 e. The van der Waals surface area contributed by atoms with Crippen LogP contribution in [0.2, 0.25) is 0 Å². The first-order valence-electron chi connectivity index (χ1n) is 9.78. The van der Waals surface area contributed by atoms with Crippen LogP contribution in [0.15, 0.2) is 33.9 Å². The van der Waals surface area contributed by atoms with Crippen molar-refractivity contribution in [1.29, 1.82) is 0 Å². The molecule has 1 N–H and O–H groups in total. The highest BCUT2D eigenvalue weighted by atomic mass is 32.1. The molecule has 0 bridgehead atoms. The monoisotopic (exact) mass is 426 g/mol. The van der Waals surface area contributed by atoms with Gasteiger partial charge in [-0.25, -0.2) is 14.3 Å². The molecule has 9 nitrogen and oxygen atoms in total. The lowest BCUT2D eigenvalue weighted by Gasteiger charge is -2.09. The first-order valence-corrected chi connectivity index (χ1v) is 10.6. The summed E-state index contributed by atoms with van der Waals surface area (Å²) < 4.78 is 2.51. The normalized spacial score (nSPS) is 13.4. The Morgan fingerprint density at radius 1 is 1.10 bits per heavy atom. The van der Waals surface area contributed by atoms with Crippen LogP contribution in [0.4, 0.5) is 0 Å². The molecule has 156 valence electrons. The lowest BCUT2D eigenvalue weighted by molar-refractivity contribution is -0.121. The van der Waals surface area contributed by atoms with Gasteiger partial charge < -0.3 is 5.32 Å². The molecule has 3 heterocycles. The molecular formula is C20H22N6O3S. The summed E-state index contributed by atoms with van der Waals surface area (Å²) in [5, 5.41) is 12.3. The number of aryl methyl sites for hydroxylation is 2. The zero-order valence-corrected chi connectivity index (χ0v) is 17.6. The predicted octanol–water partition coefficient (Wildman–Crippen LogP) is 1.23. The van der Waals surface area contributed by atoms with E-state index in [0.29, 0.717) is 11.6 Å². The van der Waals surface area contributed by atoms with Crippen LogP contribution in [0.25, 0.3) is 10.6 Å². The molecule has 0 aromatic carbocycles. The Labute approximate surface area is 176 Å². The van der Waals surface area contributed by atoms with E-state index in [1.165, 1.54) is 32.8 Å². The molecule has 0 spiro atoms. The van der Waals surface area contributed by atoms with E-state index in [4.69, 9.17) is 0 Å². The van der Waals surface area contributed by atoms with Crippen molar-refractivity contribution < 1.29 is 4.79 Å². The molecule has 0 radical (unpaired) electrons. The first kappa shape index (κ1) is 20.1. The van der Waals surface area contributed by atoms with Crippen LogP contribution in [0.1, 0.15) is 35.2 Å². The maximum atomic E-state index is 12.2. The summed E-state index contributed by atoms with van der Waals surface area (Å²) in [7, 11) is 0. The van der Waals surface area contributed by atoms with Gasteiger partial charge in [0.05, 0.1) is 27.8 Å². The van der Waals surface area contributed by atoms with Gasteiger partial charge in [-0.1, -0.05) is 0 Å². The van der Waals surface area contributed by atoms with Gasteiger partial charge in [0, 0.05) is 24.6 Å². The number of carbonyl (C=O) groups excluding carboxylic acids is 1. The minimum Gasteiger partial charge on any atom is -0.353 e. The number of nitrogens with one attached hydrogen (secondary N) is 1. The summed E-state index contributed by atoms with van der Waals surface area (Å²) in [6.07, 6.45) is 2.14. The van der Waals surface area contributed by atoms with Gasteiger partial charge in [0.25, 0.3) is 11.1 Å². The van der Waals surface area contributed by atoms with Crippen LogP contribution < -0.4 is 16.4 Å². The number of hydrogen-bond acceptors (Lipinski definition) is 7. The van der Waals surface area contributed by atoms with E-state index < -0.39 is 0 Å². The molecule has 1 aliphatic carbocycles. The van der Waals surface area contributed by atoms with Gasteiger partial charge in [-0.15, -0.1) is 11.3 Å². The maximum Gasteiger partial charge on any atom is 0.267 e. The third kappa shape index (κ3) is 4.54. The predicted molar refractivity (Wildman–Crippen MR) is 113 cm³/mol. The molecule has 1 amide bonds. The van der Waals surface area contributed by atoms with Crippen molar-refractivity contribution in [2.24, 2.45) is 0 Å². The maximum absolute atomic E-state index is 12.2. The highest BCUT2D eigenvalue weighted by molar-refractivity contribution is 7.15. The Kier molecular flexibility index (Phi) is 5.58. The van der Waals surface area contributed by atoms with Gasteiger partial charge in [0.1, 0.15) is 12.2 Å². The Bertz CT molecular complexity index is 1210. The van der Waals surface area contributed by atoms with Crippen LogP contribution >= 0.6 is 11.3 Å². The van der Waals surface area contributed by atoms with E-state index in [0.717, 1.165) is 34.1 Å². The molecule has 1 aliphatic rings. The number of nitrogens with zero attached hydrogens (tertiary/aromatic N) is 5. The smallest absolute Gasteiger partial charge is 0.267 e. The highest BCUT2D eigenvalue weighted by Crippen LogP contribution is 2.38. The summed E-state index contributed by atoms with van der Waals surface area (Å²) in [6, 6.07) is 6.33. The molecule has 10 heteroatoms. The SMILES string of the molecule is Cc1nc(C)c(-c2ccc(=O)n(CCNC(=O)Cn3nc(C4CC4)ccc3=O)n2)s1. The van der Waals surface area contributed by atoms with Crippen molar-refractivity contribution in [1.82, 2.24) is 29.9 Å². The van der Waals surface area contributed by atoms with Crippen LogP contribution in [-0.4, -0.2) is 37.0 Å². The average molecular weight is 427 g/mol. The second-order valence-electron chi connectivity index (χ2n) is 7.31. The third-order valence-electron chi connectivity index (χ3n) is 4.82. The quantitative estimate of drug-likeness (QED) is 0.608. The number of aromatic nitrogens is 5. The summed E-state index contributed by atoms with van der Waals surface area (Å²) in [4.78, 5) is 41.6. The lowest BCUT2D eigenvalue weighted by atomic mass is 10.3. The average Bonchev–Trinajstić information content (AvgIpc) is 3.49. The van der Waals surface area contributed by atoms with E-state index >= 15 is 0 Å². The van der Waals surface area contributed by atoms with E-state index in [2.05, 4.69) is 20.5 Å². The lowest BCUT2D eigenvalue weighted by Crippen LogP contribution is -2.36. The molecule has 0 unspecified atom stereocenters. The molecule has 3 aromatic heterocycles. The van der Waals surface area contributed by atoms with Crippen LogP contribution in [-0.2, 0) is 17.9 Å². The Hall–Kier alpha value is -3.14. The minimum atomic E-state index is -0.337. The molecule has 4 rings (SSSR count). The van der Waals surface area contributed by atoms with Crippen LogP contribution in [0.5, 0.6) is 0 Å². The second-order valence-corrected chi connectivity index (χ2v) is 8.51. The van der Waals surface area contributed by atoms with Crippen molar-refractivity contribution in [3.05, 3.63) is 61.4 Å². The molecule has 0 aliphatic heterocycles. The number of carbonyl (C=O) groups is 1. The number of amides is 1. The van der Waals surface area contributed by atoms with Gasteiger partial charge in [-0.05, 0) is 38.8 Å². The van der Waals surface area contributed by atoms with E-state index in [-0.39, 0.29) is 36.7 Å². The Morgan fingerprint density at radius 2 is 1.83 bits per heavy atom. The van der Waals surface area contributed by atoms with Crippen molar-refractivity contribution in [2.45, 2.75) is 45.7 Å². The first-order chi connectivity index (χ1) is 14.4. The number of hydrogen-bond donors (Lipinski definition) is 1. The minimum absolute atomic E-state index is 0.152. The van der Waals surface area contributed by atoms with Gasteiger partial charge in [0.2, 0.25) is 5.91 Å². The molecule has 30 heavy (non-hydrogen) atoms. The standard InChI is InChI=1S/C20H22N6O3S/c1-12-20(30-13(2)22-12)16-6-8-18(28)25(24-16)10-9-21-17(27)11-26-19(29)7-5-15(23-26)14-3-4-14/h5-8,14H,3-4,9-11H2,1-2H3,(H,21,27). The molecule has 0 atom stereocenters. The highest BCUT2D eigenvalue weighted by Gasteiger charge is 2.25. The van der Waals surface area contributed by atoms with Crippen molar-refractivity contribution in [3.63, 3.8) is 0 Å². The zero-order chi connectivity index (χ0) is 21.3. The Morgan fingerprint density at radius 3 is 2.53 bits per heavy atom. The van der Waals surface area contributed by atoms with Crippen LogP contribution in [0, 0.1) is 13.8 Å². The summed E-state index contributed by atoms with van der Waals surface area (Å²) in [6.45, 7) is 4.12. The topological polar surface area (TPSA) is 112 Å². The van der Waals surface area contributed by atoms with E-state index in [1.807, 2.05) is 13.8 Å². The second kappa shape index (κ2) is 8.31. The fourth-order valence-corrected chi connectivity index (χ4v) is 4.05. The molecule has 0 saturated heterocycles. The van der Waals surface area contributed by atoms with Gasteiger partial charge in [-0.3, -0.25) is 14.4 Å². The number of thiazole rings is 1. The summed E-state index contributed by atoms with van der Waals surface area (Å²) in [5.41, 5.74) is 1.84. The van der Waals surface area contributed by atoms with Crippen LogP contribution in [0.3, 0.4) is 0 Å². The third-order valence-corrected chi connectivity index (χ3v) is 5.92. The van der Waals surface area contributed by atoms with Crippen molar-refractivity contribution >= 4 is 17.2 Å². The fourth-order valence-electron chi connectivity index (χ4n) is 3.17. The summed E-state index contributed by atoms with van der Waals surface area (Å²) >= 11 is 1.52. The van der Waals surface area contributed by atoms with Gasteiger partial charge in [0.15, 0.2) is 0 Å². The molecule has 3 aromatic rings. The zero-order valence-electron chi connectivity index (χ0n) is 16.8. The fraction of sp³-hybridized carbons (Fsp3) is 0.400. The molecule has 1 saturated carbocycles. The Balaban J connectivity index is 1.38. The number of rotatable bonds is 7. The van der Waals surface area contributed by atoms with Gasteiger partial charge >= 0.3 is 0 Å². The van der Waals surface area contributed by atoms with E-state index in [9.17, 15) is 14.4 Å². The molecular weight excluding hydrogens is 404 g/mol. The van der Waals surface area contributed by atoms with Crippen molar-refractivity contribution in [3.8, 4) is 10.6 Å².